The number of rotatable bonds is 5. The first kappa shape index (κ1) is 14.0. The molecule has 0 spiro atoms. The zero-order valence-corrected chi connectivity index (χ0v) is 11.4. The maximum absolute atomic E-state index is 13.5. The second kappa shape index (κ2) is 6.68. The van der Waals surface area contributed by atoms with Gasteiger partial charge in [-0.05, 0) is 36.9 Å². The van der Waals surface area contributed by atoms with Crippen molar-refractivity contribution in [1.29, 1.82) is 0 Å². The van der Waals surface area contributed by atoms with Crippen LogP contribution in [0, 0.1) is 11.6 Å². The third-order valence-electron chi connectivity index (χ3n) is 2.84. The molecule has 0 aliphatic carbocycles. The fourth-order valence-electron chi connectivity index (χ4n) is 1.80. The van der Waals surface area contributed by atoms with Gasteiger partial charge in [0.25, 0.3) is 0 Å². The lowest BCUT2D eigenvalue weighted by molar-refractivity contribution is 0.599. The van der Waals surface area contributed by atoms with Crippen LogP contribution in [0.3, 0.4) is 0 Å². The summed E-state index contributed by atoms with van der Waals surface area (Å²) >= 11 is 1.42. The van der Waals surface area contributed by atoms with Crippen LogP contribution in [0.15, 0.2) is 53.4 Å². The van der Waals surface area contributed by atoms with Crippen LogP contribution >= 0.6 is 11.8 Å². The smallest absolute Gasteiger partial charge is 0.136 e. The summed E-state index contributed by atoms with van der Waals surface area (Å²) in [5.74, 6) is 0.163. The molecule has 19 heavy (non-hydrogen) atoms. The van der Waals surface area contributed by atoms with Crippen LogP contribution in [0.2, 0.25) is 0 Å². The van der Waals surface area contributed by atoms with E-state index in [1.165, 1.54) is 30.0 Å². The van der Waals surface area contributed by atoms with Crippen molar-refractivity contribution in [2.75, 3.05) is 12.8 Å². The number of benzene rings is 2. The minimum Gasteiger partial charge on any atom is -0.312 e. The van der Waals surface area contributed by atoms with Gasteiger partial charge in [0.15, 0.2) is 0 Å². The van der Waals surface area contributed by atoms with Crippen molar-refractivity contribution in [3.05, 3.63) is 65.7 Å². The van der Waals surface area contributed by atoms with Gasteiger partial charge >= 0.3 is 0 Å². The molecule has 1 N–H and O–H groups in total. The van der Waals surface area contributed by atoms with E-state index >= 15 is 0 Å². The van der Waals surface area contributed by atoms with E-state index in [9.17, 15) is 8.78 Å². The molecule has 0 saturated carbocycles. The Hall–Kier alpha value is -1.39. The molecule has 0 bridgehead atoms. The summed E-state index contributed by atoms with van der Waals surface area (Å²) in [6, 6.07) is 13.1. The molecule has 100 valence electrons. The predicted molar refractivity (Wildman–Crippen MR) is 75.3 cm³/mol. The largest absolute Gasteiger partial charge is 0.312 e. The summed E-state index contributed by atoms with van der Waals surface area (Å²) in [4.78, 5) is 0.610. The highest BCUT2D eigenvalue weighted by Crippen LogP contribution is 2.26. The SMILES string of the molecule is CNC(CSc1ccccc1F)c1cccc(F)c1. The van der Waals surface area contributed by atoms with E-state index in [-0.39, 0.29) is 17.7 Å². The van der Waals surface area contributed by atoms with E-state index in [4.69, 9.17) is 0 Å². The first-order chi connectivity index (χ1) is 9.20. The zero-order chi connectivity index (χ0) is 13.7. The van der Waals surface area contributed by atoms with Crippen LogP contribution in [-0.2, 0) is 0 Å². The Morgan fingerprint density at radius 2 is 1.89 bits per heavy atom. The molecule has 0 aromatic heterocycles. The molecular weight excluding hydrogens is 264 g/mol. The second-order valence-corrected chi connectivity index (χ2v) is 5.20. The Kier molecular flexibility index (Phi) is 4.93. The quantitative estimate of drug-likeness (QED) is 0.830. The summed E-state index contributed by atoms with van der Waals surface area (Å²) in [5, 5.41) is 3.13. The van der Waals surface area contributed by atoms with Crippen LogP contribution in [0.5, 0.6) is 0 Å². The Labute approximate surface area is 116 Å². The Morgan fingerprint density at radius 1 is 1.11 bits per heavy atom. The van der Waals surface area contributed by atoms with Crippen LogP contribution < -0.4 is 5.32 Å². The monoisotopic (exact) mass is 279 g/mol. The van der Waals surface area contributed by atoms with E-state index in [2.05, 4.69) is 5.32 Å². The number of hydrogen-bond donors (Lipinski definition) is 1. The molecule has 4 heteroatoms. The molecule has 2 aromatic rings. The lowest BCUT2D eigenvalue weighted by Crippen LogP contribution is -2.18. The van der Waals surface area contributed by atoms with Gasteiger partial charge in [0, 0.05) is 16.7 Å². The van der Waals surface area contributed by atoms with Crippen molar-refractivity contribution in [3.8, 4) is 0 Å². The predicted octanol–water partition coefficient (Wildman–Crippen LogP) is 4.02. The first-order valence-electron chi connectivity index (χ1n) is 6.01. The van der Waals surface area contributed by atoms with E-state index in [1.807, 2.05) is 19.2 Å². The normalized spacial score (nSPS) is 12.4. The minimum absolute atomic E-state index is 0.0136. The molecule has 0 aliphatic rings. The molecule has 2 rings (SSSR count). The lowest BCUT2D eigenvalue weighted by Gasteiger charge is -2.16. The molecule has 0 fully saturated rings. The molecule has 0 saturated heterocycles. The molecule has 0 amide bonds. The van der Waals surface area contributed by atoms with Crippen LogP contribution in [0.4, 0.5) is 8.78 Å². The minimum atomic E-state index is -0.256. The van der Waals surface area contributed by atoms with Crippen molar-refractivity contribution in [1.82, 2.24) is 5.32 Å². The molecule has 0 heterocycles. The second-order valence-electron chi connectivity index (χ2n) is 4.14. The average molecular weight is 279 g/mol. The Morgan fingerprint density at radius 3 is 2.58 bits per heavy atom. The van der Waals surface area contributed by atoms with Gasteiger partial charge in [-0.15, -0.1) is 11.8 Å². The van der Waals surface area contributed by atoms with Crippen molar-refractivity contribution < 1.29 is 8.78 Å². The molecule has 1 unspecified atom stereocenters. The highest BCUT2D eigenvalue weighted by atomic mass is 32.2. The highest BCUT2D eigenvalue weighted by Gasteiger charge is 2.11. The maximum Gasteiger partial charge on any atom is 0.136 e. The van der Waals surface area contributed by atoms with Gasteiger partial charge in [-0.1, -0.05) is 24.3 Å². The van der Waals surface area contributed by atoms with E-state index in [1.54, 1.807) is 18.2 Å². The molecular formula is C15H15F2NS. The van der Waals surface area contributed by atoms with Gasteiger partial charge in [0.05, 0.1) is 0 Å². The van der Waals surface area contributed by atoms with Gasteiger partial charge in [-0.2, -0.15) is 0 Å². The topological polar surface area (TPSA) is 12.0 Å². The number of nitrogens with one attached hydrogen (secondary N) is 1. The summed E-state index contributed by atoms with van der Waals surface area (Å²) in [6.07, 6.45) is 0. The molecule has 1 nitrogen and oxygen atoms in total. The van der Waals surface area contributed by atoms with Crippen LogP contribution in [-0.4, -0.2) is 12.8 Å². The Bertz CT molecular complexity index is 545. The first-order valence-corrected chi connectivity index (χ1v) is 6.99. The number of thioether (sulfide) groups is 1. The van der Waals surface area contributed by atoms with Gasteiger partial charge in [-0.3, -0.25) is 0 Å². The summed E-state index contributed by atoms with van der Waals surface area (Å²) in [5.41, 5.74) is 0.867. The van der Waals surface area contributed by atoms with Gasteiger partial charge in [0.1, 0.15) is 11.6 Å². The van der Waals surface area contributed by atoms with Crippen LogP contribution in [0.25, 0.3) is 0 Å². The van der Waals surface area contributed by atoms with E-state index in [0.29, 0.717) is 10.6 Å². The van der Waals surface area contributed by atoms with E-state index < -0.39 is 0 Å². The molecule has 0 radical (unpaired) electrons. The number of hydrogen-bond acceptors (Lipinski definition) is 2. The fourth-order valence-corrected chi connectivity index (χ4v) is 2.89. The van der Waals surface area contributed by atoms with E-state index in [0.717, 1.165) is 5.56 Å². The fraction of sp³-hybridized carbons (Fsp3) is 0.200. The van der Waals surface area contributed by atoms with Gasteiger partial charge < -0.3 is 5.32 Å². The van der Waals surface area contributed by atoms with Crippen LogP contribution in [0.1, 0.15) is 11.6 Å². The zero-order valence-electron chi connectivity index (χ0n) is 10.6. The van der Waals surface area contributed by atoms with Crippen molar-refractivity contribution >= 4 is 11.8 Å². The molecule has 2 aromatic carbocycles. The molecule has 1 atom stereocenters. The highest BCUT2D eigenvalue weighted by molar-refractivity contribution is 7.99. The third-order valence-corrected chi connectivity index (χ3v) is 3.98. The third kappa shape index (κ3) is 3.78. The van der Waals surface area contributed by atoms with Gasteiger partial charge in [-0.25, -0.2) is 8.78 Å². The van der Waals surface area contributed by atoms with Crippen molar-refractivity contribution in [2.24, 2.45) is 0 Å². The van der Waals surface area contributed by atoms with Gasteiger partial charge in [0.2, 0.25) is 0 Å². The van der Waals surface area contributed by atoms with Crippen molar-refractivity contribution in [2.45, 2.75) is 10.9 Å². The average Bonchev–Trinajstić information content (AvgIpc) is 2.41. The summed E-state index contributed by atoms with van der Waals surface area (Å²) in [7, 11) is 1.82. The summed E-state index contributed by atoms with van der Waals surface area (Å²) in [6.45, 7) is 0. The standard InChI is InChI=1S/C15H15F2NS/c1-18-14(11-5-4-6-12(16)9-11)10-19-15-8-3-2-7-13(15)17/h2-9,14,18H,10H2,1H3. The molecule has 0 aliphatic heterocycles. The van der Waals surface area contributed by atoms with Crippen molar-refractivity contribution in [3.63, 3.8) is 0 Å². The Balaban J connectivity index is 2.06. The maximum atomic E-state index is 13.5. The lowest BCUT2D eigenvalue weighted by atomic mass is 10.1. The number of halogens is 2. The summed E-state index contributed by atoms with van der Waals surface area (Å²) < 4.78 is 26.7.